The maximum Gasteiger partial charge on any atom is 0.231 e. The van der Waals surface area contributed by atoms with Crippen molar-refractivity contribution in [3.8, 4) is 0 Å². The van der Waals surface area contributed by atoms with Crippen LogP contribution in [0.1, 0.15) is 12.8 Å². The molecular formula is C13H25N7. The average Bonchev–Trinajstić information content (AvgIpc) is 2.97. The van der Waals surface area contributed by atoms with Gasteiger partial charge in [-0.1, -0.05) is 0 Å². The summed E-state index contributed by atoms with van der Waals surface area (Å²) in [4.78, 5) is 19.7. The predicted octanol–water partition coefficient (Wildman–Crippen LogP) is 0.511. The minimum atomic E-state index is 0.603. The molecule has 1 N–H and O–H groups in total. The van der Waals surface area contributed by atoms with E-state index < -0.39 is 0 Å². The quantitative estimate of drug-likeness (QED) is 0.814. The topological polar surface area (TPSA) is 60.4 Å². The molecule has 0 spiro atoms. The van der Waals surface area contributed by atoms with Crippen LogP contribution in [0.15, 0.2) is 0 Å². The summed E-state index contributed by atoms with van der Waals surface area (Å²) in [6.45, 7) is 4.43. The standard InChI is InChI=1S/C13H25N7/c1-14-11-15-12(18(2)3)17-13(16-11)19(4)9-10-20-7-5-6-8-20/h5-10H2,1-4H3,(H,14,15,16,17). The smallest absolute Gasteiger partial charge is 0.231 e. The van der Waals surface area contributed by atoms with Crippen molar-refractivity contribution in [2.45, 2.75) is 12.8 Å². The average molecular weight is 279 g/mol. The maximum atomic E-state index is 4.50. The molecule has 1 aromatic rings. The van der Waals surface area contributed by atoms with Crippen molar-refractivity contribution < 1.29 is 0 Å². The Morgan fingerprint density at radius 1 is 1.05 bits per heavy atom. The zero-order valence-corrected chi connectivity index (χ0v) is 12.9. The normalized spacial score (nSPS) is 15.4. The van der Waals surface area contributed by atoms with E-state index in [0.29, 0.717) is 17.8 Å². The fraction of sp³-hybridized carbons (Fsp3) is 0.769. The van der Waals surface area contributed by atoms with Gasteiger partial charge in [-0.2, -0.15) is 15.0 Å². The summed E-state index contributed by atoms with van der Waals surface area (Å²) in [7, 11) is 7.72. The molecule has 1 aliphatic rings. The van der Waals surface area contributed by atoms with Crippen LogP contribution < -0.4 is 15.1 Å². The molecule has 0 saturated carbocycles. The van der Waals surface area contributed by atoms with Crippen molar-refractivity contribution in [2.24, 2.45) is 0 Å². The second kappa shape index (κ2) is 6.69. The monoisotopic (exact) mass is 279 g/mol. The van der Waals surface area contributed by atoms with Gasteiger partial charge in [-0.05, 0) is 25.9 Å². The summed E-state index contributed by atoms with van der Waals surface area (Å²) < 4.78 is 0. The number of likely N-dealkylation sites (tertiary alicyclic amines) is 1. The SMILES string of the molecule is CNc1nc(N(C)C)nc(N(C)CCN2CCCC2)n1. The molecule has 2 rings (SSSR count). The molecule has 1 aromatic heterocycles. The summed E-state index contributed by atoms with van der Waals surface area (Å²) in [6, 6.07) is 0. The van der Waals surface area contributed by atoms with Gasteiger partial charge in [-0.15, -0.1) is 0 Å². The van der Waals surface area contributed by atoms with Gasteiger partial charge in [0.05, 0.1) is 0 Å². The number of anilines is 3. The van der Waals surface area contributed by atoms with E-state index in [1.54, 1.807) is 0 Å². The summed E-state index contributed by atoms with van der Waals surface area (Å²) >= 11 is 0. The number of aromatic nitrogens is 3. The highest BCUT2D eigenvalue weighted by molar-refractivity contribution is 5.43. The lowest BCUT2D eigenvalue weighted by Crippen LogP contribution is -2.32. The number of nitrogens with zero attached hydrogens (tertiary/aromatic N) is 6. The molecule has 0 bridgehead atoms. The Morgan fingerprint density at radius 2 is 1.70 bits per heavy atom. The molecule has 7 heteroatoms. The molecule has 1 saturated heterocycles. The summed E-state index contributed by atoms with van der Waals surface area (Å²) in [6.07, 6.45) is 2.65. The van der Waals surface area contributed by atoms with Crippen LogP contribution in [0, 0.1) is 0 Å². The van der Waals surface area contributed by atoms with Gasteiger partial charge in [0.15, 0.2) is 0 Å². The lowest BCUT2D eigenvalue weighted by Gasteiger charge is -2.22. The molecule has 1 aliphatic heterocycles. The van der Waals surface area contributed by atoms with Gasteiger partial charge in [0, 0.05) is 41.3 Å². The zero-order valence-electron chi connectivity index (χ0n) is 12.9. The van der Waals surface area contributed by atoms with Crippen molar-refractivity contribution in [2.75, 3.05) is 69.5 Å². The third kappa shape index (κ3) is 3.69. The second-order valence-corrected chi connectivity index (χ2v) is 5.37. The van der Waals surface area contributed by atoms with E-state index in [9.17, 15) is 0 Å². The summed E-state index contributed by atoms with van der Waals surface area (Å²) in [5.41, 5.74) is 0. The van der Waals surface area contributed by atoms with E-state index in [1.807, 2.05) is 33.1 Å². The number of rotatable bonds is 6. The first-order valence-corrected chi connectivity index (χ1v) is 7.15. The highest BCUT2D eigenvalue weighted by Crippen LogP contribution is 2.14. The van der Waals surface area contributed by atoms with Gasteiger partial charge >= 0.3 is 0 Å². The fourth-order valence-electron chi connectivity index (χ4n) is 2.23. The van der Waals surface area contributed by atoms with Gasteiger partial charge in [0.2, 0.25) is 17.8 Å². The second-order valence-electron chi connectivity index (χ2n) is 5.37. The number of likely N-dealkylation sites (N-methyl/N-ethyl adjacent to an activating group) is 1. The first kappa shape index (κ1) is 14.8. The van der Waals surface area contributed by atoms with E-state index in [1.165, 1.54) is 25.9 Å². The fourth-order valence-corrected chi connectivity index (χ4v) is 2.23. The van der Waals surface area contributed by atoms with Crippen LogP contribution in [-0.4, -0.2) is 74.2 Å². The van der Waals surface area contributed by atoms with Crippen LogP contribution in [-0.2, 0) is 0 Å². The van der Waals surface area contributed by atoms with Crippen LogP contribution in [0.5, 0.6) is 0 Å². The third-order valence-electron chi connectivity index (χ3n) is 3.53. The molecule has 0 unspecified atom stereocenters. The Hall–Kier alpha value is -1.63. The van der Waals surface area contributed by atoms with E-state index in [4.69, 9.17) is 0 Å². The van der Waals surface area contributed by atoms with E-state index in [2.05, 4.69) is 30.1 Å². The molecule has 0 aliphatic carbocycles. The molecule has 112 valence electrons. The van der Waals surface area contributed by atoms with Crippen molar-refractivity contribution in [3.63, 3.8) is 0 Å². The molecule has 1 fully saturated rings. The number of hydrogen-bond donors (Lipinski definition) is 1. The van der Waals surface area contributed by atoms with Gasteiger partial charge in [0.1, 0.15) is 0 Å². The molecular weight excluding hydrogens is 254 g/mol. The minimum absolute atomic E-state index is 0.603. The Bertz CT molecular complexity index is 429. The summed E-state index contributed by atoms with van der Waals surface area (Å²) in [5, 5.41) is 2.99. The first-order valence-electron chi connectivity index (χ1n) is 7.15. The minimum Gasteiger partial charge on any atom is -0.357 e. The first-order chi connectivity index (χ1) is 9.60. The van der Waals surface area contributed by atoms with E-state index in [-0.39, 0.29) is 0 Å². The van der Waals surface area contributed by atoms with Crippen molar-refractivity contribution >= 4 is 17.8 Å². The van der Waals surface area contributed by atoms with Crippen molar-refractivity contribution in [1.82, 2.24) is 19.9 Å². The van der Waals surface area contributed by atoms with E-state index in [0.717, 1.165) is 13.1 Å². The van der Waals surface area contributed by atoms with Gasteiger partial charge < -0.3 is 20.0 Å². The molecule has 0 radical (unpaired) electrons. The zero-order chi connectivity index (χ0) is 14.5. The lowest BCUT2D eigenvalue weighted by atomic mass is 10.4. The maximum absolute atomic E-state index is 4.50. The van der Waals surface area contributed by atoms with Gasteiger partial charge in [-0.25, -0.2) is 0 Å². The van der Waals surface area contributed by atoms with Crippen molar-refractivity contribution in [3.05, 3.63) is 0 Å². The molecule has 2 heterocycles. The molecule has 0 aromatic carbocycles. The van der Waals surface area contributed by atoms with Gasteiger partial charge in [0.25, 0.3) is 0 Å². The summed E-state index contributed by atoms with van der Waals surface area (Å²) in [5.74, 6) is 1.99. The molecule has 20 heavy (non-hydrogen) atoms. The van der Waals surface area contributed by atoms with Crippen LogP contribution in [0.4, 0.5) is 17.8 Å². The van der Waals surface area contributed by atoms with Crippen LogP contribution in [0.3, 0.4) is 0 Å². The van der Waals surface area contributed by atoms with Gasteiger partial charge in [-0.3, -0.25) is 0 Å². The Labute approximate surface area is 121 Å². The van der Waals surface area contributed by atoms with E-state index >= 15 is 0 Å². The largest absolute Gasteiger partial charge is 0.357 e. The Kier molecular flexibility index (Phi) is 4.94. The predicted molar refractivity (Wildman–Crippen MR) is 82.6 cm³/mol. The third-order valence-corrected chi connectivity index (χ3v) is 3.53. The Balaban J connectivity index is 2.03. The highest BCUT2D eigenvalue weighted by Gasteiger charge is 2.14. The molecule has 0 amide bonds. The highest BCUT2D eigenvalue weighted by atomic mass is 15.3. The van der Waals surface area contributed by atoms with Crippen LogP contribution >= 0.6 is 0 Å². The molecule has 0 atom stereocenters. The number of hydrogen-bond acceptors (Lipinski definition) is 7. The Morgan fingerprint density at radius 3 is 2.30 bits per heavy atom. The van der Waals surface area contributed by atoms with Crippen LogP contribution in [0.25, 0.3) is 0 Å². The number of nitrogens with one attached hydrogen (secondary N) is 1. The van der Waals surface area contributed by atoms with Crippen LogP contribution in [0.2, 0.25) is 0 Å². The molecule has 7 nitrogen and oxygen atoms in total. The lowest BCUT2D eigenvalue weighted by molar-refractivity contribution is 0.346. The van der Waals surface area contributed by atoms with Crippen molar-refractivity contribution in [1.29, 1.82) is 0 Å².